The summed E-state index contributed by atoms with van der Waals surface area (Å²) in [5.41, 5.74) is 2.43. The third-order valence-corrected chi connectivity index (χ3v) is 5.52. The molecular formula is C14H13NO2S2. The molecule has 2 rings (SSSR count). The third-order valence-electron chi connectivity index (χ3n) is 2.67. The van der Waals surface area contributed by atoms with Crippen molar-refractivity contribution in [1.82, 2.24) is 0 Å². The van der Waals surface area contributed by atoms with E-state index in [9.17, 15) is 4.79 Å². The van der Waals surface area contributed by atoms with Crippen molar-refractivity contribution in [3.05, 3.63) is 44.6 Å². The summed E-state index contributed by atoms with van der Waals surface area (Å²) >= 11 is 2.98. The number of aryl methyl sites for hydroxylation is 2. The van der Waals surface area contributed by atoms with Gasteiger partial charge in [0.05, 0.1) is 17.4 Å². The number of benzene rings is 1. The smallest absolute Gasteiger partial charge is 0.338 e. The van der Waals surface area contributed by atoms with Gasteiger partial charge in [-0.3, -0.25) is 4.79 Å². The van der Waals surface area contributed by atoms with E-state index >= 15 is 0 Å². The second-order valence-corrected chi connectivity index (χ2v) is 6.33. The number of hydrogen-bond acceptors (Lipinski definition) is 4. The van der Waals surface area contributed by atoms with Crippen molar-refractivity contribution in [1.29, 1.82) is 0 Å². The molecule has 0 bridgehead atoms. The van der Waals surface area contributed by atoms with Gasteiger partial charge in [-0.05, 0) is 31.9 Å². The second kappa shape index (κ2) is 5.72. The molecule has 0 N–H and O–H groups in total. The van der Waals surface area contributed by atoms with E-state index in [1.165, 1.54) is 34.7 Å². The molecule has 1 aliphatic rings. The molecule has 0 unspecified atom stereocenters. The van der Waals surface area contributed by atoms with Crippen LogP contribution < -0.4 is 0 Å². The maximum Gasteiger partial charge on any atom is 0.338 e. The highest BCUT2D eigenvalue weighted by atomic mass is 32.2. The van der Waals surface area contributed by atoms with Gasteiger partial charge in [-0.25, -0.2) is 4.85 Å². The van der Waals surface area contributed by atoms with E-state index in [4.69, 9.17) is 11.3 Å². The van der Waals surface area contributed by atoms with Gasteiger partial charge in [0.15, 0.2) is 0 Å². The molecular weight excluding hydrogens is 278 g/mol. The van der Waals surface area contributed by atoms with E-state index in [1.807, 2.05) is 13.8 Å². The zero-order chi connectivity index (χ0) is 14.0. The maximum atomic E-state index is 11.8. The van der Waals surface area contributed by atoms with Crippen LogP contribution in [0.2, 0.25) is 0 Å². The van der Waals surface area contributed by atoms with Crippen molar-refractivity contribution in [2.24, 2.45) is 0 Å². The highest BCUT2D eigenvalue weighted by Crippen LogP contribution is 2.54. The Bertz CT molecular complexity index is 582. The first-order chi connectivity index (χ1) is 9.08. The van der Waals surface area contributed by atoms with E-state index in [0.717, 1.165) is 14.0 Å². The number of hydrogen-bond donors (Lipinski definition) is 0. The van der Waals surface area contributed by atoms with Crippen LogP contribution in [-0.4, -0.2) is 12.6 Å². The lowest BCUT2D eigenvalue weighted by Gasteiger charge is -2.03. The van der Waals surface area contributed by atoms with Gasteiger partial charge >= 0.3 is 5.97 Å². The summed E-state index contributed by atoms with van der Waals surface area (Å²) in [6.45, 7) is 13.3. The molecule has 0 aromatic heterocycles. The predicted molar refractivity (Wildman–Crippen MR) is 77.9 cm³/mol. The average Bonchev–Trinajstić information content (AvgIpc) is 2.81. The lowest BCUT2D eigenvalue weighted by Crippen LogP contribution is -2.05. The zero-order valence-corrected chi connectivity index (χ0v) is 12.6. The Hall–Kier alpha value is -1.38. The molecule has 3 nitrogen and oxygen atoms in total. The molecule has 0 aliphatic carbocycles. The molecule has 0 radical (unpaired) electrons. The zero-order valence-electron chi connectivity index (χ0n) is 10.9. The van der Waals surface area contributed by atoms with Crippen LogP contribution in [0, 0.1) is 20.4 Å². The van der Waals surface area contributed by atoms with Gasteiger partial charge in [-0.15, -0.1) is 0 Å². The van der Waals surface area contributed by atoms with Gasteiger partial charge in [-0.1, -0.05) is 35.7 Å². The van der Waals surface area contributed by atoms with E-state index < -0.39 is 5.97 Å². The topological polar surface area (TPSA) is 30.7 Å². The Morgan fingerprint density at radius 3 is 2.21 bits per heavy atom. The third kappa shape index (κ3) is 2.65. The van der Waals surface area contributed by atoms with E-state index in [0.29, 0.717) is 0 Å². The molecule has 1 aliphatic heterocycles. The number of carbonyl (C=O) groups is 1. The minimum absolute atomic E-state index is 0.0897. The number of thioether (sulfide) groups is 2. The highest BCUT2D eigenvalue weighted by Gasteiger charge is 2.27. The number of carbonyl (C=O) groups excluding carboxylic acids is 1. The normalized spacial score (nSPS) is 12.8. The van der Waals surface area contributed by atoms with Crippen LogP contribution in [0.15, 0.2) is 31.9 Å². The van der Waals surface area contributed by atoms with E-state index in [2.05, 4.69) is 17.0 Å². The van der Waals surface area contributed by atoms with E-state index in [1.54, 1.807) is 6.92 Å². The summed E-state index contributed by atoms with van der Waals surface area (Å²) in [6, 6.07) is 4.12. The van der Waals surface area contributed by atoms with Crippen molar-refractivity contribution in [3.8, 4) is 0 Å². The van der Waals surface area contributed by atoms with E-state index in [-0.39, 0.29) is 12.3 Å². The molecule has 1 aromatic carbocycles. The van der Waals surface area contributed by atoms with Crippen molar-refractivity contribution in [2.75, 3.05) is 6.61 Å². The standard InChI is InChI=1S/C14H13NO2S2/c1-5-17-13(16)10(15-4)14-18-11-8(2)6-7-9(3)12(11)19-14/h6-7H,5H2,1-3H3. The van der Waals surface area contributed by atoms with Crippen LogP contribution in [0.25, 0.3) is 4.85 Å². The molecule has 1 aromatic rings. The molecule has 0 saturated heterocycles. The summed E-state index contributed by atoms with van der Waals surface area (Å²) in [5, 5.41) is 0. The molecule has 0 spiro atoms. The number of nitrogens with zero attached hydrogens (tertiary/aromatic N) is 1. The van der Waals surface area contributed by atoms with Crippen LogP contribution in [0.1, 0.15) is 18.1 Å². The van der Waals surface area contributed by atoms with Gasteiger partial charge in [0.25, 0.3) is 5.70 Å². The van der Waals surface area contributed by atoms with Crippen LogP contribution in [0.5, 0.6) is 0 Å². The number of ether oxygens (including phenoxy) is 1. The van der Waals surface area contributed by atoms with Gasteiger partial charge < -0.3 is 4.74 Å². The Morgan fingerprint density at radius 1 is 1.26 bits per heavy atom. The fraction of sp³-hybridized carbons (Fsp3) is 0.286. The van der Waals surface area contributed by atoms with Crippen LogP contribution in [-0.2, 0) is 9.53 Å². The Morgan fingerprint density at radius 2 is 1.79 bits per heavy atom. The van der Waals surface area contributed by atoms with Gasteiger partial charge in [-0.2, -0.15) is 0 Å². The Balaban J connectivity index is 2.42. The maximum absolute atomic E-state index is 11.8. The van der Waals surface area contributed by atoms with Crippen LogP contribution in [0.4, 0.5) is 0 Å². The summed E-state index contributed by atoms with van der Waals surface area (Å²) < 4.78 is 5.65. The lowest BCUT2D eigenvalue weighted by atomic mass is 10.2. The highest BCUT2D eigenvalue weighted by molar-refractivity contribution is 8.24. The number of rotatable bonds is 2. The molecule has 0 fully saturated rings. The monoisotopic (exact) mass is 291 g/mol. The quantitative estimate of drug-likeness (QED) is 0.465. The molecule has 1 heterocycles. The summed E-state index contributed by atoms with van der Waals surface area (Å²) in [4.78, 5) is 17.4. The second-order valence-electron chi connectivity index (χ2n) is 4.03. The van der Waals surface area contributed by atoms with Crippen molar-refractivity contribution in [3.63, 3.8) is 0 Å². The number of fused-ring (bicyclic) bond motifs is 1. The van der Waals surface area contributed by atoms with Crippen molar-refractivity contribution < 1.29 is 9.53 Å². The Labute approximate surface area is 121 Å². The first-order valence-corrected chi connectivity index (χ1v) is 7.46. The molecule has 0 atom stereocenters. The van der Waals surface area contributed by atoms with Crippen molar-refractivity contribution in [2.45, 2.75) is 30.6 Å². The van der Waals surface area contributed by atoms with Gasteiger partial charge in [0.2, 0.25) is 0 Å². The number of esters is 1. The van der Waals surface area contributed by atoms with Gasteiger partial charge in [0.1, 0.15) is 0 Å². The molecule has 0 saturated carbocycles. The minimum Gasteiger partial charge on any atom is -0.471 e. The molecule has 0 amide bonds. The first-order valence-electron chi connectivity index (χ1n) is 5.83. The van der Waals surface area contributed by atoms with Gasteiger partial charge in [0, 0.05) is 9.79 Å². The molecule has 98 valence electrons. The van der Waals surface area contributed by atoms with Crippen LogP contribution >= 0.6 is 23.5 Å². The fourth-order valence-electron chi connectivity index (χ4n) is 1.69. The largest absolute Gasteiger partial charge is 0.471 e. The fourth-order valence-corrected chi connectivity index (χ4v) is 4.39. The summed E-state index contributed by atoms with van der Waals surface area (Å²) in [5.74, 6) is -0.532. The lowest BCUT2D eigenvalue weighted by molar-refractivity contribution is -0.138. The average molecular weight is 291 g/mol. The molecule has 5 heteroatoms. The Kier molecular flexibility index (Phi) is 4.23. The first kappa shape index (κ1) is 14.0. The predicted octanol–water partition coefficient (Wildman–Crippen LogP) is 4.15. The van der Waals surface area contributed by atoms with Crippen molar-refractivity contribution >= 4 is 29.5 Å². The molecule has 19 heavy (non-hydrogen) atoms. The summed E-state index contributed by atoms with van der Waals surface area (Å²) in [7, 11) is 0. The summed E-state index contributed by atoms with van der Waals surface area (Å²) in [6.07, 6.45) is 0. The minimum atomic E-state index is -0.532. The van der Waals surface area contributed by atoms with Crippen LogP contribution in [0.3, 0.4) is 0 Å². The SMILES string of the molecule is [C-]#[N+]C(C(=O)OCC)=C1Sc2c(C)ccc(C)c2S1.